The van der Waals surface area contributed by atoms with Gasteiger partial charge in [0.2, 0.25) is 0 Å². The Labute approximate surface area is 148 Å². The molecule has 0 aliphatic carbocycles. The molecule has 1 unspecified atom stereocenters. The third-order valence-corrected chi connectivity index (χ3v) is 4.34. The molecule has 4 nitrogen and oxygen atoms in total. The first kappa shape index (κ1) is 18.1. The number of hydrogen-bond acceptors (Lipinski definition) is 3. The Morgan fingerprint density at radius 3 is 2.62 bits per heavy atom. The minimum absolute atomic E-state index is 0.162. The highest BCUT2D eigenvalue weighted by atomic mass is 19.4. The zero-order valence-electron chi connectivity index (χ0n) is 14.3. The number of para-hydroxylation sites is 2. The van der Waals surface area contributed by atoms with Crippen molar-refractivity contribution < 1.29 is 13.2 Å². The second kappa shape index (κ2) is 6.92. The van der Waals surface area contributed by atoms with Crippen molar-refractivity contribution in [2.45, 2.75) is 25.7 Å². The van der Waals surface area contributed by atoms with Crippen LogP contribution >= 0.6 is 0 Å². The molecule has 1 N–H and O–H groups in total. The van der Waals surface area contributed by atoms with E-state index in [-0.39, 0.29) is 18.1 Å². The van der Waals surface area contributed by atoms with Crippen molar-refractivity contribution in [3.63, 3.8) is 0 Å². The summed E-state index contributed by atoms with van der Waals surface area (Å²) in [5, 5.41) is 3.08. The van der Waals surface area contributed by atoms with E-state index >= 15 is 0 Å². The Kier molecular flexibility index (Phi) is 4.82. The maximum atomic E-state index is 12.9. The van der Waals surface area contributed by atoms with E-state index < -0.39 is 11.7 Å². The van der Waals surface area contributed by atoms with Crippen molar-refractivity contribution in [1.29, 1.82) is 0 Å². The molecule has 3 aromatic rings. The second-order valence-electron chi connectivity index (χ2n) is 6.14. The van der Waals surface area contributed by atoms with Crippen LogP contribution in [-0.4, -0.2) is 9.55 Å². The number of alkyl halides is 3. The van der Waals surface area contributed by atoms with Gasteiger partial charge in [-0.1, -0.05) is 24.3 Å². The van der Waals surface area contributed by atoms with Crippen molar-refractivity contribution in [3.8, 4) is 0 Å². The zero-order chi connectivity index (χ0) is 18.9. The zero-order valence-corrected chi connectivity index (χ0v) is 14.3. The molecule has 0 bridgehead atoms. The maximum absolute atomic E-state index is 12.9. The van der Waals surface area contributed by atoms with Crippen LogP contribution in [0.25, 0.3) is 11.0 Å². The van der Waals surface area contributed by atoms with Crippen LogP contribution in [0.2, 0.25) is 0 Å². The fourth-order valence-electron chi connectivity index (χ4n) is 2.81. The number of nitrogens with zero attached hydrogens (tertiary/aromatic N) is 2. The van der Waals surface area contributed by atoms with E-state index in [0.29, 0.717) is 16.8 Å². The largest absolute Gasteiger partial charge is 0.416 e. The van der Waals surface area contributed by atoms with Crippen molar-refractivity contribution in [2.24, 2.45) is 7.05 Å². The first-order valence-corrected chi connectivity index (χ1v) is 8.12. The van der Waals surface area contributed by atoms with Gasteiger partial charge in [-0.25, -0.2) is 4.98 Å². The summed E-state index contributed by atoms with van der Waals surface area (Å²) >= 11 is 0. The lowest BCUT2D eigenvalue weighted by atomic mass is 10.0. The van der Waals surface area contributed by atoms with E-state index in [4.69, 9.17) is 0 Å². The van der Waals surface area contributed by atoms with Gasteiger partial charge in [0, 0.05) is 19.6 Å². The standard InChI is InChI=1S/C19H18F3N3O/c1-12(13-6-5-7-14(10-13)19(20,21)22)23-11-16-18(26)25(2)17-9-4-3-8-15(17)24-16/h3-10,12,23H,11H2,1-2H3. The smallest absolute Gasteiger partial charge is 0.308 e. The lowest BCUT2D eigenvalue weighted by molar-refractivity contribution is -0.137. The summed E-state index contributed by atoms with van der Waals surface area (Å²) in [6.45, 7) is 1.91. The summed E-state index contributed by atoms with van der Waals surface area (Å²) < 4.78 is 40.1. The number of fused-ring (bicyclic) bond motifs is 1. The van der Waals surface area contributed by atoms with Crippen LogP contribution in [0.1, 0.15) is 29.8 Å². The molecular formula is C19H18F3N3O. The Bertz CT molecular complexity index is 995. The van der Waals surface area contributed by atoms with Crippen LogP contribution in [0.5, 0.6) is 0 Å². The van der Waals surface area contributed by atoms with Crippen molar-refractivity contribution in [1.82, 2.24) is 14.9 Å². The van der Waals surface area contributed by atoms with Gasteiger partial charge in [-0.15, -0.1) is 0 Å². The molecule has 0 saturated carbocycles. The summed E-state index contributed by atoms with van der Waals surface area (Å²) in [5.74, 6) is 0. The number of rotatable bonds is 4. The van der Waals surface area contributed by atoms with E-state index in [0.717, 1.165) is 17.6 Å². The van der Waals surface area contributed by atoms with E-state index in [1.165, 1.54) is 10.6 Å². The van der Waals surface area contributed by atoms with Crippen LogP contribution in [0.15, 0.2) is 53.3 Å². The molecule has 1 aromatic heterocycles. The lowest BCUT2D eigenvalue weighted by Gasteiger charge is -2.16. The van der Waals surface area contributed by atoms with E-state index in [1.54, 1.807) is 20.0 Å². The van der Waals surface area contributed by atoms with Crippen LogP contribution in [0.3, 0.4) is 0 Å². The first-order valence-electron chi connectivity index (χ1n) is 8.12. The molecule has 3 rings (SSSR count). The van der Waals surface area contributed by atoms with E-state index in [1.807, 2.05) is 24.3 Å². The number of nitrogens with one attached hydrogen (secondary N) is 1. The van der Waals surface area contributed by atoms with Crippen LogP contribution in [0, 0.1) is 0 Å². The molecule has 2 aromatic carbocycles. The quantitative estimate of drug-likeness (QED) is 0.769. The topological polar surface area (TPSA) is 46.9 Å². The molecule has 0 radical (unpaired) electrons. The second-order valence-corrected chi connectivity index (χ2v) is 6.14. The number of aryl methyl sites for hydroxylation is 1. The van der Waals surface area contributed by atoms with E-state index in [9.17, 15) is 18.0 Å². The molecular weight excluding hydrogens is 343 g/mol. The molecule has 1 heterocycles. The molecule has 0 amide bonds. The van der Waals surface area contributed by atoms with Gasteiger partial charge in [0.25, 0.3) is 5.56 Å². The molecule has 0 spiro atoms. The molecule has 0 fully saturated rings. The molecule has 0 saturated heterocycles. The summed E-state index contributed by atoms with van der Waals surface area (Å²) in [5.41, 5.74) is 1.32. The fraction of sp³-hybridized carbons (Fsp3) is 0.263. The predicted molar refractivity (Wildman–Crippen MR) is 93.7 cm³/mol. The fourth-order valence-corrected chi connectivity index (χ4v) is 2.81. The molecule has 7 heteroatoms. The highest BCUT2D eigenvalue weighted by Gasteiger charge is 2.30. The summed E-state index contributed by atoms with van der Waals surface area (Å²) in [7, 11) is 1.67. The van der Waals surface area contributed by atoms with Crippen LogP contribution < -0.4 is 10.9 Å². The van der Waals surface area contributed by atoms with E-state index in [2.05, 4.69) is 10.3 Å². The minimum atomic E-state index is -4.38. The van der Waals surface area contributed by atoms with Gasteiger partial charge in [0.1, 0.15) is 5.69 Å². The van der Waals surface area contributed by atoms with Gasteiger partial charge < -0.3 is 9.88 Å². The number of aromatic nitrogens is 2. The van der Waals surface area contributed by atoms with Crippen LogP contribution in [-0.2, 0) is 19.8 Å². The van der Waals surface area contributed by atoms with Gasteiger partial charge in [-0.05, 0) is 36.8 Å². The molecule has 136 valence electrons. The Morgan fingerprint density at radius 2 is 1.88 bits per heavy atom. The van der Waals surface area contributed by atoms with Crippen LogP contribution in [0.4, 0.5) is 13.2 Å². The minimum Gasteiger partial charge on any atom is -0.308 e. The summed E-state index contributed by atoms with van der Waals surface area (Å²) in [4.78, 5) is 16.8. The molecule has 1 atom stereocenters. The first-order chi connectivity index (χ1) is 12.3. The SMILES string of the molecule is CC(NCc1nc2ccccc2n(C)c1=O)c1cccc(C(F)(F)F)c1. The molecule has 0 aliphatic heterocycles. The summed E-state index contributed by atoms with van der Waals surface area (Å²) in [6, 6.07) is 12.1. The van der Waals surface area contributed by atoms with Gasteiger partial charge in [-0.2, -0.15) is 13.2 Å². The number of halogens is 3. The highest BCUT2D eigenvalue weighted by molar-refractivity contribution is 5.74. The lowest BCUT2D eigenvalue weighted by Crippen LogP contribution is -2.28. The third-order valence-electron chi connectivity index (χ3n) is 4.34. The Balaban J connectivity index is 1.82. The van der Waals surface area contributed by atoms with Gasteiger partial charge >= 0.3 is 6.18 Å². The van der Waals surface area contributed by atoms with Crippen molar-refractivity contribution in [3.05, 3.63) is 75.7 Å². The average Bonchev–Trinajstić information content (AvgIpc) is 2.62. The highest BCUT2D eigenvalue weighted by Crippen LogP contribution is 2.30. The number of hydrogen-bond donors (Lipinski definition) is 1. The van der Waals surface area contributed by atoms with Gasteiger partial charge in [0.05, 0.1) is 16.6 Å². The van der Waals surface area contributed by atoms with Crippen molar-refractivity contribution in [2.75, 3.05) is 0 Å². The maximum Gasteiger partial charge on any atom is 0.416 e. The number of benzene rings is 2. The predicted octanol–water partition coefficient (Wildman–Crippen LogP) is 3.80. The van der Waals surface area contributed by atoms with Crippen molar-refractivity contribution >= 4 is 11.0 Å². The summed E-state index contributed by atoms with van der Waals surface area (Å²) in [6.07, 6.45) is -4.38. The molecule has 26 heavy (non-hydrogen) atoms. The third kappa shape index (κ3) is 3.62. The Hall–Kier alpha value is -2.67. The average molecular weight is 361 g/mol. The van der Waals surface area contributed by atoms with Gasteiger partial charge in [-0.3, -0.25) is 4.79 Å². The van der Waals surface area contributed by atoms with Gasteiger partial charge in [0.15, 0.2) is 0 Å². The normalized spacial score (nSPS) is 13.1. The Morgan fingerprint density at radius 1 is 1.15 bits per heavy atom. The molecule has 0 aliphatic rings. The monoisotopic (exact) mass is 361 g/mol.